The first kappa shape index (κ1) is 16.0. The van der Waals surface area contributed by atoms with Crippen molar-refractivity contribution in [3.63, 3.8) is 0 Å². The standard InChI is InChI=1S/C19H14ClN3OS/c20-15-10-8-14(9-11-15)17(13-5-2-1-3-6-13)25-19-23-22-18(24-19)16-7-4-12-21-16/h1-12,17,21H/t17-/m1/s1. The van der Waals surface area contributed by atoms with Gasteiger partial charge in [-0.2, -0.15) is 0 Å². The molecule has 2 aromatic carbocycles. The molecule has 0 spiro atoms. The SMILES string of the molecule is Clc1ccc([C@H](Sc2nnc(-c3ccc[nH]3)o2)c2ccccc2)cc1. The minimum atomic E-state index is 0.0374. The molecule has 2 heterocycles. The highest BCUT2D eigenvalue weighted by atomic mass is 35.5. The third-order valence-corrected chi connectivity index (χ3v) is 5.13. The first-order chi connectivity index (χ1) is 12.3. The third-order valence-electron chi connectivity index (χ3n) is 3.73. The van der Waals surface area contributed by atoms with Crippen molar-refractivity contribution in [2.24, 2.45) is 0 Å². The summed E-state index contributed by atoms with van der Waals surface area (Å²) in [5.41, 5.74) is 3.09. The Hall–Kier alpha value is -2.50. The fourth-order valence-electron chi connectivity index (χ4n) is 2.52. The fourth-order valence-corrected chi connectivity index (χ4v) is 3.65. The minimum Gasteiger partial charge on any atom is -0.410 e. The maximum atomic E-state index is 6.03. The normalized spacial score (nSPS) is 12.2. The summed E-state index contributed by atoms with van der Waals surface area (Å²) in [5.74, 6) is 0.482. The van der Waals surface area contributed by atoms with Gasteiger partial charge < -0.3 is 9.40 Å². The highest BCUT2D eigenvalue weighted by molar-refractivity contribution is 7.99. The topological polar surface area (TPSA) is 54.7 Å². The number of hydrogen-bond donors (Lipinski definition) is 1. The van der Waals surface area contributed by atoms with Gasteiger partial charge >= 0.3 is 0 Å². The van der Waals surface area contributed by atoms with Gasteiger partial charge in [0.05, 0.1) is 5.25 Å². The Morgan fingerprint density at radius 3 is 2.36 bits per heavy atom. The summed E-state index contributed by atoms with van der Waals surface area (Å²) in [7, 11) is 0. The Balaban J connectivity index is 1.66. The molecule has 0 unspecified atom stereocenters. The lowest BCUT2D eigenvalue weighted by atomic mass is 10.0. The van der Waals surface area contributed by atoms with Crippen molar-refractivity contribution in [3.05, 3.63) is 89.1 Å². The van der Waals surface area contributed by atoms with E-state index in [0.29, 0.717) is 16.1 Å². The first-order valence-corrected chi connectivity index (χ1v) is 9.00. The molecule has 0 aliphatic carbocycles. The Labute approximate surface area is 154 Å². The number of nitrogens with zero attached hydrogens (tertiary/aromatic N) is 2. The van der Waals surface area contributed by atoms with Crippen LogP contribution in [0.1, 0.15) is 16.4 Å². The van der Waals surface area contributed by atoms with E-state index in [1.807, 2.05) is 60.8 Å². The van der Waals surface area contributed by atoms with Crippen molar-refractivity contribution in [1.29, 1.82) is 0 Å². The zero-order chi connectivity index (χ0) is 17.1. The van der Waals surface area contributed by atoms with Crippen LogP contribution in [0.4, 0.5) is 0 Å². The maximum Gasteiger partial charge on any atom is 0.277 e. The average molecular weight is 368 g/mol. The van der Waals surface area contributed by atoms with Gasteiger partial charge in [-0.3, -0.25) is 0 Å². The Kier molecular flexibility index (Phi) is 4.59. The summed E-state index contributed by atoms with van der Waals surface area (Å²) in [5, 5.41) is 9.58. The number of thioether (sulfide) groups is 1. The number of H-pyrrole nitrogens is 1. The van der Waals surface area contributed by atoms with E-state index in [1.165, 1.54) is 11.8 Å². The molecular weight excluding hydrogens is 354 g/mol. The van der Waals surface area contributed by atoms with Crippen LogP contribution in [0.25, 0.3) is 11.6 Å². The molecule has 2 aromatic heterocycles. The second-order valence-corrected chi connectivity index (χ2v) is 6.91. The van der Waals surface area contributed by atoms with Crippen LogP contribution in [0.3, 0.4) is 0 Å². The van der Waals surface area contributed by atoms with Gasteiger partial charge in [-0.1, -0.05) is 65.8 Å². The van der Waals surface area contributed by atoms with E-state index in [-0.39, 0.29) is 5.25 Å². The quantitative estimate of drug-likeness (QED) is 0.466. The van der Waals surface area contributed by atoms with E-state index in [2.05, 4.69) is 27.3 Å². The van der Waals surface area contributed by atoms with E-state index >= 15 is 0 Å². The summed E-state index contributed by atoms with van der Waals surface area (Å²) in [6.45, 7) is 0. The number of benzene rings is 2. The van der Waals surface area contributed by atoms with Gasteiger partial charge in [0.25, 0.3) is 11.1 Å². The third kappa shape index (κ3) is 3.62. The number of hydrogen-bond acceptors (Lipinski definition) is 4. The van der Waals surface area contributed by atoms with Crippen molar-refractivity contribution in [1.82, 2.24) is 15.2 Å². The molecule has 0 amide bonds. The molecule has 0 bridgehead atoms. The molecule has 0 saturated carbocycles. The fraction of sp³-hybridized carbons (Fsp3) is 0.0526. The molecule has 1 atom stereocenters. The number of rotatable bonds is 5. The van der Waals surface area contributed by atoms with Crippen molar-refractivity contribution in [3.8, 4) is 11.6 Å². The smallest absolute Gasteiger partial charge is 0.277 e. The van der Waals surface area contributed by atoms with Gasteiger partial charge in [-0.05, 0) is 35.4 Å². The van der Waals surface area contributed by atoms with Crippen LogP contribution < -0.4 is 0 Å². The van der Waals surface area contributed by atoms with Crippen LogP contribution >= 0.6 is 23.4 Å². The Bertz CT molecular complexity index is 936. The molecule has 0 saturated heterocycles. The molecule has 0 aliphatic heterocycles. The monoisotopic (exact) mass is 367 g/mol. The lowest BCUT2D eigenvalue weighted by Gasteiger charge is -2.15. The number of aromatic nitrogens is 3. The predicted molar refractivity (Wildman–Crippen MR) is 99.7 cm³/mol. The van der Waals surface area contributed by atoms with Gasteiger partial charge in [-0.25, -0.2) is 0 Å². The zero-order valence-electron chi connectivity index (χ0n) is 13.1. The molecule has 25 heavy (non-hydrogen) atoms. The van der Waals surface area contributed by atoms with Crippen LogP contribution in [0.15, 0.2) is 82.6 Å². The van der Waals surface area contributed by atoms with E-state index in [0.717, 1.165) is 16.8 Å². The average Bonchev–Trinajstić information content (AvgIpc) is 3.33. The summed E-state index contributed by atoms with van der Waals surface area (Å²) in [4.78, 5) is 3.07. The Morgan fingerprint density at radius 2 is 1.64 bits per heavy atom. The van der Waals surface area contributed by atoms with Crippen LogP contribution in [-0.2, 0) is 0 Å². The highest BCUT2D eigenvalue weighted by Crippen LogP contribution is 2.40. The number of nitrogens with one attached hydrogen (secondary N) is 1. The van der Waals surface area contributed by atoms with Crippen LogP contribution in [0.2, 0.25) is 5.02 Å². The van der Waals surface area contributed by atoms with Gasteiger partial charge in [0.15, 0.2) is 0 Å². The van der Waals surface area contributed by atoms with E-state index in [1.54, 1.807) is 0 Å². The number of halogens is 1. The Morgan fingerprint density at radius 1 is 0.880 bits per heavy atom. The summed E-state index contributed by atoms with van der Waals surface area (Å²) in [6, 6.07) is 21.9. The van der Waals surface area contributed by atoms with E-state index in [4.69, 9.17) is 16.0 Å². The highest BCUT2D eigenvalue weighted by Gasteiger charge is 2.20. The van der Waals surface area contributed by atoms with Crippen molar-refractivity contribution < 1.29 is 4.42 Å². The first-order valence-electron chi connectivity index (χ1n) is 7.74. The predicted octanol–water partition coefficient (Wildman–Crippen LogP) is 5.60. The second kappa shape index (κ2) is 7.17. The maximum absolute atomic E-state index is 6.03. The largest absolute Gasteiger partial charge is 0.410 e. The van der Waals surface area contributed by atoms with Gasteiger partial charge in [-0.15, -0.1) is 10.2 Å². The molecular formula is C19H14ClN3OS. The lowest BCUT2D eigenvalue weighted by Crippen LogP contribution is -1.96. The van der Waals surface area contributed by atoms with Crippen LogP contribution in [0, 0.1) is 0 Å². The molecule has 6 heteroatoms. The van der Waals surface area contributed by atoms with E-state index < -0.39 is 0 Å². The van der Waals surface area contributed by atoms with Crippen LogP contribution in [-0.4, -0.2) is 15.2 Å². The van der Waals surface area contributed by atoms with Gasteiger partial charge in [0.1, 0.15) is 5.69 Å². The van der Waals surface area contributed by atoms with E-state index in [9.17, 15) is 0 Å². The van der Waals surface area contributed by atoms with Gasteiger partial charge in [0, 0.05) is 11.2 Å². The molecule has 4 nitrogen and oxygen atoms in total. The van der Waals surface area contributed by atoms with Crippen LogP contribution in [0.5, 0.6) is 0 Å². The molecule has 0 fully saturated rings. The molecule has 4 rings (SSSR count). The molecule has 124 valence electrons. The molecule has 1 N–H and O–H groups in total. The number of aromatic amines is 1. The summed E-state index contributed by atoms with van der Waals surface area (Å²) < 4.78 is 5.81. The van der Waals surface area contributed by atoms with Crippen molar-refractivity contribution in [2.75, 3.05) is 0 Å². The molecule has 4 aromatic rings. The van der Waals surface area contributed by atoms with Crippen molar-refractivity contribution >= 4 is 23.4 Å². The summed E-state index contributed by atoms with van der Waals surface area (Å²) in [6.07, 6.45) is 1.83. The van der Waals surface area contributed by atoms with Crippen molar-refractivity contribution in [2.45, 2.75) is 10.5 Å². The molecule has 0 aliphatic rings. The zero-order valence-corrected chi connectivity index (χ0v) is 14.7. The summed E-state index contributed by atoms with van der Waals surface area (Å²) >= 11 is 7.55. The minimum absolute atomic E-state index is 0.0374. The lowest BCUT2D eigenvalue weighted by molar-refractivity contribution is 0.464. The molecule has 0 radical (unpaired) electrons. The van der Waals surface area contributed by atoms with Gasteiger partial charge in [0.2, 0.25) is 0 Å². The second-order valence-electron chi connectivity index (χ2n) is 5.42.